The highest BCUT2D eigenvalue weighted by Crippen LogP contribution is 2.29. The summed E-state index contributed by atoms with van der Waals surface area (Å²) in [5, 5.41) is 15.3. The lowest BCUT2D eigenvalue weighted by Crippen LogP contribution is -2.53. The molecule has 0 fully saturated rings. The van der Waals surface area contributed by atoms with Crippen LogP contribution in [0.25, 0.3) is 0 Å². The minimum absolute atomic E-state index is 0.134. The Labute approximate surface area is 140 Å². The number of fused-ring (bicyclic) bond motifs is 1. The topological polar surface area (TPSA) is 95.1 Å². The van der Waals surface area contributed by atoms with Crippen LogP contribution in [0.15, 0.2) is 4.52 Å². The first-order chi connectivity index (χ1) is 11.3. The summed E-state index contributed by atoms with van der Waals surface area (Å²) in [6.45, 7) is 10.6. The van der Waals surface area contributed by atoms with Crippen molar-refractivity contribution < 1.29 is 14.1 Å². The summed E-state index contributed by atoms with van der Waals surface area (Å²) in [6.07, 6.45) is 0. The molecule has 1 N–H and O–H groups in total. The number of nitrogens with one attached hydrogen (secondary N) is 1. The standard InChI is InChI=1S/C16H23N5O3/c1-9(2)14-19-18-13-7-23-8-16(5,21(13)14)15(22)17-6-12-10(3)20-24-11(12)4/h9H,6-8H2,1-5H3,(H,17,22). The van der Waals surface area contributed by atoms with E-state index in [9.17, 15) is 4.79 Å². The van der Waals surface area contributed by atoms with Crippen molar-refractivity contribution in [2.45, 2.75) is 59.2 Å². The van der Waals surface area contributed by atoms with Gasteiger partial charge in [-0.1, -0.05) is 19.0 Å². The van der Waals surface area contributed by atoms with E-state index in [1.165, 1.54) is 0 Å². The van der Waals surface area contributed by atoms with Crippen LogP contribution in [0, 0.1) is 13.8 Å². The van der Waals surface area contributed by atoms with E-state index in [0.717, 1.165) is 17.1 Å². The first-order valence-corrected chi connectivity index (χ1v) is 8.07. The van der Waals surface area contributed by atoms with Gasteiger partial charge in [0.2, 0.25) is 5.91 Å². The van der Waals surface area contributed by atoms with Crippen molar-refractivity contribution in [1.29, 1.82) is 0 Å². The van der Waals surface area contributed by atoms with Crippen LogP contribution in [0.4, 0.5) is 0 Å². The number of hydrogen-bond donors (Lipinski definition) is 1. The second kappa shape index (κ2) is 6.01. The number of aromatic nitrogens is 4. The smallest absolute Gasteiger partial charge is 0.248 e. The molecular weight excluding hydrogens is 310 g/mol. The van der Waals surface area contributed by atoms with Crippen LogP contribution in [0.1, 0.15) is 55.4 Å². The summed E-state index contributed by atoms with van der Waals surface area (Å²) in [4.78, 5) is 13.0. The maximum Gasteiger partial charge on any atom is 0.248 e. The van der Waals surface area contributed by atoms with Crippen molar-refractivity contribution in [3.63, 3.8) is 0 Å². The Morgan fingerprint density at radius 1 is 1.38 bits per heavy atom. The zero-order chi connectivity index (χ0) is 17.5. The van der Waals surface area contributed by atoms with Gasteiger partial charge in [-0.3, -0.25) is 9.36 Å². The fraction of sp³-hybridized carbons (Fsp3) is 0.625. The number of aryl methyl sites for hydroxylation is 2. The first kappa shape index (κ1) is 16.6. The average molecular weight is 333 g/mol. The van der Waals surface area contributed by atoms with E-state index in [-0.39, 0.29) is 18.4 Å². The Bertz CT molecular complexity index is 744. The number of amides is 1. The molecule has 1 atom stereocenters. The lowest BCUT2D eigenvalue weighted by Gasteiger charge is -2.35. The van der Waals surface area contributed by atoms with Gasteiger partial charge in [-0.25, -0.2) is 0 Å². The molecule has 1 unspecified atom stereocenters. The highest BCUT2D eigenvalue weighted by atomic mass is 16.5. The fourth-order valence-corrected chi connectivity index (χ4v) is 3.02. The molecule has 2 aromatic rings. The maximum atomic E-state index is 13.0. The zero-order valence-electron chi connectivity index (χ0n) is 14.7. The predicted octanol–water partition coefficient (Wildman–Crippen LogP) is 1.57. The molecule has 0 aliphatic carbocycles. The summed E-state index contributed by atoms with van der Waals surface area (Å²) in [7, 11) is 0. The lowest BCUT2D eigenvalue weighted by molar-refractivity contribution is -0.135. The van der Waals surface area contributed by atoms with E-state index in [2.05, 4.69) is 20.7 Å². The summed E-state index contributed by atoms with van der Waals surface area (Å²) in [6, 6.07) is 0. The molecular formula is C16H23N5O3. The van der Waals surface area contributed by atoms with Crippen LogP contribution >= 0.6 is 0 Å². The largest absolute Gasteiger partial charge is 0.370 e. The van der Waals surface area contributed by atoms with Crippen LogP contribution < -0.4 is 5.32 Å². The van der Waals surface area contributed by atoms with Gasteiger partial charge in [-0.05, 0) is 20.8 Å². The van der Waals surface area contributed by atoms with Crippen LogP contribution in [-0.2, 0) is 28.2 Å². The highest BCUT2D eigenvalue weighted by Gasteiger charge is 2.42. The van der Waals surface area contributed by atoms with Crippen molar-refractivity contribution >= 4 is 5.91 Å². The summed E-state index contributed by atoms with van der Waals surface area (Å²) < 4.78 is 12.7. The maximum absolute atomic E-state index is 13.0. The van der Waals surface area contributed by atoms with E-state index in [4.69, 9.17) is 9.26 Å². The Hall–Kier alpha value is -2.22. The van der Waals surface area contributed by atoms with Gasteiger partial charge in [0.05, 0.1) is 12.3 Å². The first-order valence-electron chi connectivity index (χ1n) is 8.07. The van der Waals surface area contributed by atoms with Gasteiger partial charge < -0.3 is 14.6 Å². The third kappa shape index (κ3) is 2.60. The van der Waals surface area contributed by atoms with E-state index in [0.29, 0.717) is 24.7 Å². The van der Waals surface area contributed by atoms with E-state index in [1.54, 1.807) is 0 Å². The van der Waals surface area contributed by atoms with Crippen molar-refractivity contribution in [3.05, 3.63) is 28.7 Å². The van der Waals surface area contributed by atoms with Crippen molar-refractivity contribution in [2.24, 2.45) is 0 Å². The Balaban J connectivity index is 1.86. The van der Waals surface area contributed by atoms with Gasteiger partial charge in [-0.15, -0.1) is 10.2 Å². The SMILES string of the molecule is Cc1noc(C)c1CNC(=O)C1(C)COCc2nnc(C(C)C)n21. The molecule has 0 bridgehead atoms. The molecule has 0 radical (unpaired) electrons. The molecule has 0 saturated carbocycles. The molecule has 3 heterocycles. The normalized spacial score (nSPS) is 20.2. The summed E-state index contributed by atoms with van der Waals surface area (Å²) in [5.74, 6) is 2.22. The molecule has 3 rings (SSSR count). The minimum Gasteiger partial charge on any atom is -0.370 e. The summed E-state index contributed by atoms with van der Waals surface area (Å²) >= 11 is 0. The number of ether oxygens (including phenoxy) is 1. The highest BCUT2D eigenvalue weighted by molar-refractivity contribution is 5.84. The number of hydrogen-bond acceptors (Lipinski definition) is 6. The number of nitrogens with zero attached hydrogens (tertiary/aromatic N) is 4. The third-order valence-corrected chi connectivity index (χ3v) is 4.48. The predicted molar refractivity (Wildman–Crippen MR) is 85.2 cm³/mol. The molecule has 8 nitrogen and oxygen atoms in total. The van der Waals surface area contributed by atoms with Gasteiger partial charge in [0.15, 0.2) is 5.82 Å². The van der Waals surface area contributed by atoms with Gasteiger partial charge in [0.25, 0.3) is 0 Å². The second-order valence-corrected chi connectivity index (χ2v) is 6.72. The molecule has 0 spiro atoms. The van der Waals surface area contributed by atoms with E-state index < -0.39 is 5.54 Å². The van der Waals surface area contributed by atoms with Crippen molar-refractivity contribution in [3.8, 4) is 0 Å². The minimum atomic E-state index is -0.879. The number of carbonyl (C=O) groups is 1. The third-order valence-electron chi connectivity index (χ3n) is 4.48. The Morgan fingerprint density at radius 3 is 2.75 bits per heavy atom. The quantitative estimate of drug-likeness (QED) is 0.912. The van der Waals surface area contributed by atoms with Crippen LogP contribution in [-0.4, -0.2) is 32.4 Å². The average Bonchev–Trinajstić information content (AvgIpc) is 3.10. The molecule has 2 aromatic heterocycles. The van der Waals surface area contributed by atoms with Crippen molar-refractivity contribution in [1.82, 2.24) is 25.2 Å². The van der Waals surface area contributed by atoms with Crippen LogP contribution in [0.2, 0.25) is 0 Å². The van der Waals surface area contributed by atoms with Crippen LogP contribution in [0.5, 0.6) is 0 Å². The molecule has 1 amide bonds. The zero-order valence-corrected chi connectivity index (χ0v) is 14.7. The fourth-order valence-electron chi connectivity index (χ4n) is 3.02. The summed E-state index contributed by atoms with van der Waals surface area (Å²) in [5.41, 5.74) is 0.804. The molecule has 0 saturated heterocycles. The van der Waals surface area contributed by atoms with Gasteiger partial charge in [-0.2, -0.15) is 0 Å². The van der Waals surface area contributed by atoms with Gasteiger partial charge in [0.1, 0.15) is 23.7 Å². The molecule has 24 heavy (non-hydrogen) atoms. The molecule has 1 aliphatic heterocycles. The van der Waals surface area contributed by atoms with Crippen molar-refractivity contribution in [2.75, 3.05) is 6.61 Å². The van der Waals surface area contributed by atoms with Crippen LogP contribution in [0.3, 0.4) is 0 Å². The molecule has 0 aromatic carbocycles. The monoisotopic (exact) mass is 333 g/mol. The van der Waals surface area contributed by atoms with Gasteiger partial charge in [0, 0.05) is 18.0 Å². The second-order valence-electron chi connectivity index (χ2n) is 6.72. The number of rotatable bonds is 4. The molecule has 1 aliphatic rings. The Morgan fingerprint density at radius 2 is 2.12 bits per heavy atom. The number of carbonyl (C=O) groups excluding carboxylic acids is 1. The van der Waals surface area contributed by atoms with E-state index >= 15 is 0 Å². The molecule has 130 valence electrons. The lowest BCUT2D eigenvalue weighted by atomic mass is 9.98. The van der Waals surface area contributed by atoms with Gasteiger partial charge >= 0.3 is 0 Å². The Kier molecular flexibility index (Phi) is 4.16. The molecule has 8 heteroatoms. The van der Waals surface area contributed by atoms with E-state index in [1.807, 2.05) is 39.2 Å².